The Labute approximate surface area is 150 Å². The lowest BCUT2D eigenvalue weighted by molar-refractivity contribution is 0.0459. The van der Waals surface area contributed by atoms with Gasteiger partial charge in [-0.1, -0.05) is 44.2 Å². The zero-order valence-electron chi connectivity index (χ0n) is 14.4. The van der Waals surface area contributed by atoms with E-state index < -0.39 is 23.8 Å². The van der Waals surface area contributed by atoms with Gasteiger partial charge in [0, 0.05) is 11.6 Å². The number of imide groups is 1. The SMILES string of the molecule is CC(C)[C@H](C(=O)n1cc2ccccc2n1)N1C(=O)c2ccccc2C1=O. The van der Waals surface area contributed by atoms with Crippen molar-refractivity contribution in [3.63, 3.8) is 0 Å². The Morgan fingerprint density at radius 1 is 0.923 bits per heavy atom. The molecule has 1 aromatic heterocycles. The summed E-state index contributed by atoms with van der Waals surface area (Å²) in [5.74, 6) is -1.52. The normalized spacial score (nSPS) is 15.0. The molecular formula is C20H17N3O3. The summed E-state index contributed by atoms with van der Waals surface area (Å²) in [6.07, 6.45) is 1.63. The highest BCUT2D eigenvalue weighted by molar-refractivity contribution is 6.23. The number of nitrogens with zero attached hydrogens (tertiary/aromatic N) is 3. The summed E-state index contributed by atoms with van der Waals surface area (Å²) in [5.41, 5.74) is 1.36. The highest BCUT2D eigenvalue weighted by Crippen LogP contribution is 2.28. The van der Waals surface area contributed by atoms with Crippen molar-refractivity contribution in [3.8, 4) is 0 Å². The Kier molecular flexibility index (Phi) is 3.68. The predicted molar refractivity (Wildman–Crippen MR) is 95.9 cm³/mol. The topological polar surface area (TPSA) is 72.3 Å². The van der Waals surface area contributed by atoms with E-state index in [1.807, 2.05) is 38.1 Å². The van der Waals surface area contributed by atoms with E-state index >= 15 is 0 Å². The average Bonchev–Trinajstić information content (AvgIpc) is 3.17. The molecule has 2 heterocycles. The molecule has 6 heteroatoms. The summed E-state index contributed by atoms with van der Waals surface area (Å²) in [6, 6.07) is 13.1. The standard InChI is InChI=1S/C20H17N3O3/c1-12(2)17(20(26)22-11-13-7-3-6-10-16(13)21-22)23-18(24)14-8-4-5-9-15(14)19(23)25/h3-12,17H,1-2H3/t17-/m1/s1. The highest BCUT2D eigenvalue weighted by atomic mass is 16.2. The van der Waals surface area contributed by atoms with E-state index in [4.69, 9.17) is 0 Å². The molecule has 0 N–H and O–H groups in total. The van der Waals surface area contributed by atoms with Gasteiger partial charge in [-0.05, 0) is 24.1 Å². The third-order valence-corrected chi connectivity index (χ3v) is 4.63. The van der Waals surface area contributed by atoms with E-state index in [0.29, 0.717) is 16.6 Å². The number of carbonyl (C=O) groups excluding carboxylic acids is 3. The number of hydrogen-bond donors (Lipinski definition) is 0. The van der Waals surface area contributed by atoms with E-state index in [-0.39, 0.29) is 5.92 Å². The number of amides is 2. The predicted octanol–water partition coefficient (Wildman–Crippen LogP) is 3.00. The highest BCUT2D eigenvalue weighted by Gasteiger charge is 2.44. The van der Waals surface area contributed by atoms with Gasteiger partial charge in [0.05, 0.1) is 16.6 Å². The van der Waals surface area contributed by atoms with Crippen molar-refractivity contribution in [2.75, 3.05) is 0 Å². The van der Waals surface area contributed by atoms with Crippen LogP contribution in [0.3, 0.4) is 0 Å². The van der Waals surface area contributed by atoms with Gasteiger partial charge in [-0.2, -0.15) is 5.10 Å². The molecule has 0 saturated carbocycles. The molecule has 0 aliphatic carbocycles. The maximum atomic E-state index is 13.1. The van der Waals surface area contributed by atoms with Gasteiger partial charge in [0.2, 0.25) is 0 Å². The fraction of sp³-hybridized carbons (Fsp3) is 0.200. The molecule has 0 unspecified atom stereocenters. The Bertz CT molecular complexity index is 983. The second-order valence-electron chi connectivity index (χ2n) is 6.69. The quantitative estimate of drug-likeness (QED) is 0.683. The first-order valence-corrected chi connectivity index (χ1v) is 8.44. The van der Waals surface area contributed by atoms with Crippen LogP contribution in [0.15, 0.2) is 54.7 Å². The largest absolute Gasteiger partial charge is 0.270 e. The van der Waals surface area contributed by atoms with Gasteiger partial charge in [-0.25, -0.2) is 4.68 Å². The molecule has 2 aromatic carbocycles. The molecule has 3 aromatic rings. The van der Waals surface area contributed by atoms with E-state index in [9.17, 15) is 14.4 Å². The van der Waals surface area contributed by atoms with Gasteiger partial charge < -0.3 is 0 Å². The lowest BCUT2D eigenvalue weighted by Crippen LogP contribution is -2.49. The van der Waals surface area contributed by atoms with Crippen LogP contribution in [0.2, 0.25) is 0 Å². The van der Waals surface area contributed by atoms with Crippen molar-refractivity contribution < 1.29 is 14.4 Å². The molecule has 1 atom stereocenters. The molecular weight excluding hydrogens is 330 g/mol. The number of aromatic nitrogens is 2. The Morgan fingerprint density at radius 3 is 2.08 bits per heavy atom. The first kappa shape index (κ1) is 16.2. The van der Waals surface area contributed by atoms with Crippen molar-refractivity contribution in [3.05, 3.63) is 65.9 Å². The van der Waals surface area contributed by atoms with Crippen LogP contribution >= 0.6 is 0 Å². The summed E-state index contributed by atoms with van der Waals surface area (Å²) in [4.78, 5) is 39.8. The minimum Gasteiger partial charge on any atom is -0.270 e. The summed E-state index contributed by atoms with van der Waals surface area (Å²) in [5, 5.41) is 5.13. The minimum atomic E-state index is -0.920. The second kappa shape index (κ2) is 5.91. The van der Waals surface area contributed by atoms with Gasteiger partial charge >= 0.3 is 0 Å². The van der Waals surface area contributed by atoms with E-state index in [2.05, 4.69) is 5.10 Å². The third kappa shape index (κ3) is 2.34. The zero-order valence-corrected chi connectivity index (χ0v) is 14.4. The van der Waals surface area contributed by atoms with Crippen LogP contribution in [-0.4, -0.2) is 38.4 Å². The fourth-order valence-electron chi connectivity index (χ4n) is 3.37. The molecule has 4 rings (SSSR count). The van der Waals surface area contributed by atoms with Crippen molar-refractivity contribution in [1.29, 1.82) is 0 Å². The summed E-state index contributed by atoms with van der Waals surface area (Å²) < 4.78 is 1.23. The summed E-state index contributed by atoms with van der Waals surface area (Å²) >= 11 is 0. The van der Waals surface area contributed by atoms with Gasteiger partial charge in [0.25, 0.3) is 17.7 Å². The Hall–Kier alpha value is -3.28. The first-order valence-electron chi connectivity index (χ1n) is 8.44. The molecule has 2 amide bonds. The van der Waals surface area contributed by atoms with Crippen LogP contribution in [0.5, 0.6) is 0 Å². The van der Waals surface area contributed by atoms with Gasteiger partial charge in [-0.3, -0.25) is 19.3 Å². The Morgan fingerprint density at radius 2 is 1.50 bits per heavy atom. The summed E-state index contributed by atoms with van der Waals surface area (Å²) in [7, 11) is 0. The number of rotatable bonds is 3. The van der Waals surface area contributed by atoms with E-state index in [1.165, 1.54) is 4.68 Å². The van der Waals surface area contributed by atoms with Crippen LogP contribution in [-0.2, 0) is 0 Å². The molecule has 0 radical (unpaired) electrons. The molecule has 0 spiro atoms. The minimum absolute atomic E-state index is 0.253. The van der Waals surface area contributed by atoms with Crippen LogP contribution in [0, 0.1) is 5.92 Å². The van der Waals surface area contributed by atoms with Crippen molar-refractivity contribution in [2.24, 2.45) is 5.92 Å². The van der Waals surface area contributed by atoms with E-state index in [1.54, 1.807) is 30.5 Å². The number of benzene rings is 2. The lowest BCUT2D eigenvalue weighted by atomic mass is 10.0. The summed E-state index contributed by atoms with van der Waals surface area (Å²) in [6.45, 7) is 3.63. The average molecular weight is 347 g/mol. The number of fused-ring (bicyclic) bond motifs is 2. The molecule has 1 aliphatic heterocycles. The van der Waals surface area contributed by atoms with Crippen LogP contribution in [0.4, 0.5) is 0 Å². The van der Waals surface area contributed by atoms with Crippen molar-refractivity contribution in [2.45, 2.75) is 19.9 Å². The van der Waals surface area contributed by atoms with Gasteiger partial charge in [-0.15, -0.1) is 0 Å². The van der Waals surface area contributed by atoms with E-state index in [0.717, 1.165) is 10.3 Å². The monoisotopic (exact) mass is 347 g/mol. The fourth-order valence-corrected chi connectivity index (χ4v) is 3.37. The number of hydrogen-bond acceptors (Lipinski definition) is 4. The van der Waals surface area contributed by atoms with Gasteiger partial charge in [0.15, 0.2) is 0 Å². The first-order chi connectivity index (χ1) is 12.5. The van der Waals surface area contributed by atoms with Crippen LogP contribution in [0.25, 0.3) is 10.9 Å². The van der Waals surface area contributed by atoms with Crippen LogP contribution in [0.1, 0.15) is 39.4 Å². The van der Waals surface area contributed by atoms with Crippen molar-refractivity contribution >= 4 is 28.6 Å². The lowest BCUT2D eigenvalue weighted by Gasteiger charge is -2.27. The molecule has 0 bridgehead atoms. The Balaban J connectivity index is 1.76. The molecule has 130 valence electrons. The second-order valence-corrected chi connectivity index (χ2v) is 6.69. The molecule has 0 saturated heterocycles. The third-order valence-electron chi connectivity index (χ3n) is 4.63. The zero-order chi connectivity index (χ0) is 18.4. The maximum absolute atomic E-state index is 13.1. The maximum Gasteiger partial charge on any atom is 0.270 e. The van der Waals surface area contributed by atoms with Crippen LogP contribution < -0.4 is 0 Å². The molecule has 6 nitrogen and oxygen atoms in total. The smallest absolute Gasteiger partial charge is 0.270 e. The number of carbonyl (C=O) groups is 3. The van der Waals surface area contributed by atoms with Crippen molar-refractivity contribution in [1.82, 2.24) is 14.7 Å². The molecule has 0 fully saturated rings. The molecule has 26 heavy (non-hydrogen) atoms. The van der Waals surface area contributed by atoms with Gasteiger partial charge in [0.1, 0.15) is 6.04 Å². The molecule has 1 aliphatic rings.